The van der Waals surface area contributed by atoms with Crippen molar-refractivity contribution in [2.75, 3.05) is 40.9 Å². The molecule has 0 saturated carbocycles. The van der Waals surface area contributed by atoms with Crippen molar-refractivity contribution >= 4 is 37.1 Å². The highest BCUT2D eigenvalue weighted by molar-refractivity contribution is 7.99. The SMILES string of the molecule is CCC[C@](CCc1ccc(Sc2cc(OCC)ccc2OCOC)cc1Cl)(CCP(=O)(OC)OC)NC(=O)OC(C)(C)C. The van der Waals surface area contributed by atoms with Crippen molar-refractivity contribution in [2.45, 2.75) is 87.7 Å². The van der Waals surface area contributed by atoms with E-state index in [0.29, 0.717) is 43.1 Å². The minimum atomic E-state index is -3.30. The minimum Gasteiger partial charge on any atom is -0.494 e. The molecule has 0 spiro atoms. The van der Waals surface area contributed by atoms with Gasteiger partial charge in [0, 0.05) is 36.8 Å². The standard InChI is InChI=1S/C31H47ClNO8PS/c1-9-16-31(18-19-42(35,37-7)38-8,33-29(34)41-30(3,4)5)17-15-23-11-13-25(21-26(23)32)43-28-20-24(39-10-2)12-14-27(28)40-22-36-6/h11-14,20-21H,9-10,15-19,22H2,1-8H3,(H,33,34)/t31-/m0/s1. The van der Waals surface area contributed by atoms with Crippen LogP contribution in [-0.2, 0) is 29.5 Å². The van der Waals surface area contributed by atoms with Gasteiger partial charge in [-0.15, -0.1) is 0 Å². The zero-order valence-corrected chi connectivity index (χ0v) is 29.1. The van der Waals surface area contributed by atoms with Crippen LogP contribution in [0.5, 0.6) is 11.5 Å². The van der Waals surface area contributed by atoms with Gasteiger partial charge in [-0.1, -0.05) is 42.8 Å². The Morgan fingerprint density at radius 3 is 2.28 bits per heavy atom. The monoisotopic (exact) mass is 659 g/mol. The summed E-state index contributed by atoms with van der Waals surface area (Å²) in [6, 6.07) is 11.6. The molecule has 0 radical (unpaired) electrons. The lowest BCUT2D eigenvalue weighted by Crippen LogP contribution is -2.51. The first-order valence-corrected chi connectivity index (χ1v) is 17.3. The number of methoxy groups -OCH3 is 1. The molecular formula is C31H47ClNO8PS. The summed E-state index contributed by atoms with van der Waals surface area (Å²) in [5.74, 6) is 1.42. The molecule has 0 bridgehead atoms. The summed E-state index contributed by atoms with van der Waals surface area (Å²) < 4.78 is 45.4. The lowest BCUT2D eigenvalue weighted by atomic mass is 9.84. The van der Waals surface area contributed by atoms with Crippen molar-refractivity contribution in [2.24, 2.45) is 0 Å². The van der Waals surface area contributed by atoms with Crippen LogP contribution in [0.3, 0.4) is 0 Å². The van der Waals surface area contributed by atoms with Crippen molar-refractivity contribution in [1.82, 2.24) is 5.32 Å². The number of carbonyl (C=O) groups excluding carboxylic acids is 1. The molecule has 0 aliphatic rings. The van der Waals surface area contributed by atoms with Crippen molar-refractivity contribution in [3.63, 3.8) is 0 Å². The number of halogens is 1. The molecule has 0 unspecified atom stereocenters. The number of rotatable bonds is 18. The van der Waals surface area contributed by atoms with Crippen LogP contribution in [0.25, 0.3) is 0 Å². The molecule has 0 aromatic heterocycles. The van der Waals surface area contributed by atoms with E-state index in [2.05, 4.69) is 5.32 Å². The molecule has 0 aliphatic carbocycles. The summed E-state index contributed by atoms with van der Waals surface area (Å²) in [7, 11) is 1.01. The summed E-state index contributed by atoms with van der Waals surface area (Å²) in [5.41, 5.74) is -0.449. The van der Waals surface area contributed by atoms with E-state index in [0.717, 1.165) is 27.5 Å². The minimum absolute atomic E-state index is 0.127. The lowest BCUT2D eigenvalue weighted by Gasteiger charge is -2.36. The quantitative estimate of drug-likeness (QED) is 0.124. The van der Waals surface area contributed by atoms with E-state index >= 15 is 0 Å². The molecule has 0 aliphatic heterocycles. The molecule has 0 fully saturated rings. The Hall–Kier alpha value is -1.94. The molecule has 0 heterocycles. The van der Waals surface area contributed by atoms with Crippen LogP contribution in [0.1, 0.15) is 65.9 Å². The number of aryl methyl sites for hydroxylation is 1. The fraction of sp³-hybridized carbons (Fsp3) is 0.581. The molecule has 1 N–H and O–H groups in total. The number of benzene rings is 2. The van der Waals surface area contributed by atoms with Crippen LogP contribution in [0.4, 0.5) is 4.79 Å². The number of hydrogen-bond acceptors (Lipinski definition) is 9. The van der Waals surface area contributed by atoms with Crippen molar-refractivity contribution in [3.8, 4) is 11.5 Å². The van der Waals surface area contributed by atoms with E-state index < -0.39 is 24.8 Å². The van der Waals surface area contributed by atoms with Crippen LogP contribution in [0.15, 0.2) is 46.2 Å². The molecule has 12 heteroatoms. The highest BCUT2D eigenvalue weighted by Gasteiger charge is 2.36. The zero-order chi connectivity index (χ0) is 32.1. The Labute approximate surface area is 266 Å². The third kappa shape index (κ3) is 12.5. The summed E-state index contributed by atoms with van der Waals surface area (Å²) in [4.78, 5) is 14.7. The van der Waals surface area contributed by atoms with E-state index in [-0.39, 0.29) is 13.0 Å². The maximum absolute atomic E-state index is 12.9. The molecule has 0 saturated heterocycles. The highest BCUT2D eigenvalue weighted by Crippen LogP contribution is 2.48. The number of carbonyl (C=O) groups is 1. The predicted octanol–water partition coefficient (Wildman–Crippen LogP) is 8.74. The van der Waals surface area contributed by atoms with E-state index in [4.69, 9.17) is 39.6 Å². The smallest absolute Gasteiger partial charge is 0.408 e. The first-order valence-electron chi connectivity index (χ1n) is 14.4. The predicted molar refractivity (Wildman–Crippen MR) is 172 cm³/mol. The van der Waals surface area contributed by atoms with Gasteiger partial charge in [0.25, 0.3) is 0 Å². The van der Waals surface area contributed by atoms with Crippen LogP contribution < -0.4 is 14.8 Å². The van der Waals surface area contributed by atoms with Crippen LogP contribution in [0.2, 0.25) is 5.02 Å². The molecule has 2 aromatic rings. The molecule has 1 atom stereocenters. The molecule has 242 valence electrons. The van der Waals surface area contributed by atoms with E-state index in [9.17, 15) is 9.36 Å². The molecule has 2 rings (SSSR count). The zero-order valence-electron chi connectivity index (χ0n) is 26.6. The highest BCUT2D eigenvalue weighted by atomic mass is 35.5. The van der Waals surface area contributed by atoms with Gasteiger partial charge in [0.05, 0.1) is 17.7 Å². The van der Waals surface area contributed by atoms with E-state index in [1.54, 1.807) is 7.11 Å². The van der Waals surface area contributed by atoms with Gasteiger partial charge in [-0.3, -0.25) is 4.57 Å². The largest absolute Gasteiger partial charge is 0.494 e. The topological polar surface area (TPSA) is 102 Å². The molecular weight excluding hydrogens is 613 g/mol. The van der Waals surface area contributed by atoms with E-state index in [1.807, 2.05) is 71.0 Å². The fourth-order valence-corrected chi connectivity index (χ4v) is 7.06. The summed E-state index contributed by atoms with van der Waals surface area (Å²) in [6.07, 6.45) is 2.56. The van der Waals surface area contributed by atoms with Crippen molar-refractivity contribution in [3.05, 3.63) is 47.0 Å². The lowest BCUT2D eigenvalue weighted by molar-refractivity contribution is 0.0435. The summed E-state index contributed by atoms with van der Waals surface area (Å²) in [5, 5.41) is 3.71. The Morgan fingerprint density at radius 2 is 1.70 bits per heavy atom. The number of alkyl carbamates (subject to hydrolysis) is 1. The summed E-state index contributed by atoms with van der Waals surface area (Å²) >= 11 is 8.32. The van der Waals surface area contributed by atoms with Gasteiger partial charge >= 0.3 is 13.7 Å². The van der Waals surface area contributed by atoms with Gasteiger partial charge in [0.2, 0.25) is 0 Å². The second kappa shape index (κ2) is 17.5. The normalized spacial score (nSPS) is 13.3. The third-order valence-corrected chi connectivity index (χ3v) is 9.86. The van der Waals surface area contributed by atoms with E-state index in [1.165, 1.54) is 26.0 Å². The average molecular weight is 660 g/mol. The Morgan fingerprint density at radius 1 is 0.977 bits per heavy atom. The van der Waals surface area contributed by atoms with Crippen LogP contribution in [-0.4, -0.2) is 58.1 Å². The molecule has 1 amide bonds. The third-order valence-electron chi connectivity index (χ3n) is 6.60. The first-order chi connectivity index (χ1) is 20.3. The Bertz CT molecular complexity index is 1220. The van der Waals surface area contributed by atoms with Gasteiger partial charge in [0.15, 0.2) is 6.79 Å². The van der Waals surface area contributed by atoms with Crippen molar-refractivity contribution < 1.29 is 37.4 Å². The number of hydrogen-bond donors (Lipinski definition) is 1. The maximum Gasteiger partial charge on any atom is 0.408 e. The average Bonchev–Trinajstić information content (AvgIpc) is 2.94. The fourth-order valence-electron chi connectivity index (χ4n) is 4.53. The van der Waals surface area contributed by atoms with Gasteiger partial charge in [-0.2, -0.15) is 0 Å². The van der Waals surface area contributed by atoms with Crippen molar-refractivity contribution in [1.29, 1.82) is 0 Å². The molecule has 9 nitrogen and oxygen atoms in total. The number of nitrogens with one attached hydrogen (secondary N) is 1. The first kappa shape index (κ1) is 37.2. The Balaban J connectivity index is 2.31. The van der Waals surface area contributed by atoms with Crippen LogP contribution >= 0.6 is 31.0 Å². The second-order valence-electron chi connectivity index (χ2n) is 11.1. The van der Waals surface area contributed by atoms with Crippen LogP contribution in [0, 0.1) is 0 Å². The second-order valence-corrected chi connectivity index (χ2v) is 15.0. The van der Waals surface area contributed by atoms with Gasteiger partial charge in [-0.05, 0) is 89.3 Å². The Kier molecular flexibility index (Phi) is 15.2. The van der Waals surface area contributed by atoms with Gasteiger partial charge in [0.1, 0.15) is 17.1 Å². The van der Waals surface area contributed by atoms with Gasteiger partial charge in [-0.25, -0.2) is 4.79 Å². The molecule has 43 heavy (non-hydrogen) atoms. The summed E-state index contributed by atoms with van der Waals surface area (Å²) in [6.45, 7) is 10.1. The van der Waals surface area contributed by atoms with Gasteiger partial charge < -0.3 is 33.3 Å². The molecule has 2 aromatic carbocycles. The number of ether oxygens (including phenoxy) is 4. The maximum atomic E-state index is 12.9. The number of amides is 1.